The van der Waals surface area contributed by atoms with Crippen molar-refractivity contribution in [2.45, 2.75) is 58.0 Å². The summed E-state index contributed by atoms with van der Waals surface area (Å²) in [6.07, 6.45) is 8.28. The lowest BCUT2D eigenvalue weighted by Crippen LogP contribution is -2.58. The summed E-state index contributed by atoms with van der Waals surface area (Å²) in [4.78, 5) is 37.9. The second-order valence-electron chi connectivity index (χ2n) is 11.4. The van der Waals surface area contributed by atoms with Gasteiger partial charge in [0.05, 0.1) is 19.6 Å². The van der Waals surface area contributed by atoms with Crippen LogP contribution < -0.4 is 0 Å². The first-order valence-corrected chi connectivity index (χ1v) is 12.1. The topological polar surface area (TPSA) is 89.9 Å². The van der Waals surface area contributed by atoms with Gasteiger partial charge in [0.1, 0.15) is 5.60 Å². The molecule has 1 spiro atoms. The standard InChI is InChI=1S/C26H32O6/c1-24-7-4-13(28)10-17(24)15(12-27)20(23(30)31-3)21-16(24)5-8-25(2)22(21)14-11-18(14)26(25)9-6-19(29)32-26/h5,10,14-15,18,20-22,27H,4,6-9,11-12H2,1-3H3/t14-,15+,18+,20-,21?,22?,24-,25+,26+/m1/s1. The van der Waals surface area contributed by atoms with Crippen LogP contribution in [0.3, 0.4) is 0 Å². The summed E-state index contributed by atoms with van der Waals surface area (Å²) in [6, 6.07) is 0. The van der Waals surface area contributed by atoms with Crippen molar-refractivity contribution in [3.8, 4) is 0 Å². The maximum atomic E-state index is 13.3. The van der Waals surface area contributed by atoms with E-state index in [2.05, 4.69) is 19.9 Å². The quantitative estimate of drug-likeness (QED) is 0.525. The molecule has 172 valence electrons. The summed E-state index contributed by atoms with van der Waals surface area (Å²) in [6.45, 7) is 4.26. The maximum Gasteiger partial charge on any atom is 0.309 e. The van der Waals surface area contributed by atoms with Crippen molar-refractivity contribution in [1.82, 2.24) is 0 Å². The molecule has 1 heterocycles. The van der Waals surface area contributed by atoms with Crippen LogP contribution >= 0.6 is 0 Å². The van der Waals surface area contributed by atoms with Crippen molar-refractivity contribution in [1.29, 1.82) is 0 Å². The van der Waals surface area contributed by atoms with Gasteiger partial charge >= 0.3 is 11.9 Å². The average molecular weight is 441 g/mol. The molecule has 6 aliphatic rings. The van der Waals surface area contributed by atoms with Gasteiger partial charge in [-0.15, -0.1) is 0 Å². The molecule has 32 heavy (non-hydrogen) atoms. The number of ketones is 1. The maximum absolute atomic E-state index is 13.3. The minimum Gasteiger partial charge on any atom is -0.469 e. The summed E-state index contributed by atoms with van der Waals surface area (Å²) in [5.41, 5.74) is 1.15. The van der Waals surface area contributed by atoms with Gasteiger partial charge in [-0.05, 0) is 49.5 Å². The Balaban J connectivity index is 1.55. The Morgan fingerprint density at radius 3 is 2.66 bits per heavy atom. The number of fused-ring (bicyclic) bond motifs is 9. The summed E-state index contributed by atoms with van der Waals surface area (Å²) < 4.78 is 11.4. The summed E-state index contributed by atoms with van der Waals surface area (Å²) >= 11 is 0. The van der Waals surface area contributed by atoms with E-state index in [1.165, 1.54) is 12.7 Å². The van der Waals surface area contributed by atoms with Crippen LogP contribution in [0.15, 0.2) is 23.3 Å². The molecule has 6 heteroatoms. The normalized spacial score (nSPS) is 50.5. The van der Waals surface area contributed by atoms with Gasteiger partial charge in [0.25, 0.3) is 0 Å². The van der Waals surface area contributed by atoms with Gasteiger partial charge in [-0.1, -0.05) is 31.1 Å². The van der Waals surface area contributed by atoms with Gasteiger partial charge in [-0.25, -0.2) is 0 Å². The molecule has 0 radical (unpaired) electrons. The highest BCUT2D eigenvalue weighted by molar-refractivity contribution is 5.92. The lowest BCUT2D eigenvalue weighted by molar-refractivity contribution is -0.170. The Bertz CT molecular complexity index is 994. The van der Waals surface area contributed by atoms with Crippen LogP contribution in [0, 0.1) is 46.3 Å². The molecule has 2 unspecified atom stereocenters. The van der Waals surface area contributed by atoms with E-state index in [4.69, 9.17) is 9.47 Å². The molecule has 6 rings (SSSR count). The Hall–Kier alpha value is -1.95. The summed E-state index contributed by atoms with van der Waals surface area (Å²) in [7, 11) is 1.41. The predicted molar refractivity (Wildman–Crippen MR) is 114 cm³/mol. The van der Waals surface area contributed by atoms with Crippen LogP contribution in [0.5, 0.6) is 0 Å². The molecule has 1 N–H and O–H groups in total. The highest BCUT2D eigenvalue weighted by atomic mass is 16.6. The number of aliphatic hydroxyl groups excluding tert-OH is 1. The fraction of sp³-hybridized carbons (Fsp3) is 0.731. The van der Waals surface area contributed by atoms with E-state index >= 15 is 0 Å². The zero-order valence-electron chi connectivity index (χ0n) is 19.1. The Morgan fingerprint density at radius 1 is 1.22 bits per heavy atom. The number of ether oxygens (including phenoxy) is 2. The van der Waals surface area contributed by atoms with Crippen molar-refractivity contribution in [2.75, 3.05) is 13.7 Å². The molecule has 1 saturated heterocycles. The molecule has 0 amide bonds. The van der Waals surface area contributed by atoms with Crippen molar-refractivity contribution >= 4 is 17.7 Å². The van der Waals surface area contributed by atoms with Crippen molar-refractivity contribution < 1.29 is 29.0 Å². The van der Waals surface area contributed by atoms with Gasteiger partial charge in [0, 0.05) is 35.5 Å². The highest BCUT2D eigenvalue weighted by Crippen LogP contribution is 2.79. The van der Waals surface area contributed by atoms with Gasteiger partial charge < -0.3 is 14.6 Å². The number of rotatable bonds is 2. The second-order valence-corrected chi connectivity index (χ2v) is 11.4. The zero-order valence-corrected chi connectivity index (χ0v) is 19.1. The molecular formula is C26H32O6. The van der Waals surface area contributed by atoms with Crippen LogP contribution in [-0.2, 0) is 23.9 Å². The van der Waals surface area contributed by atoms with Crippen molar-refractivity contribution in [2.24, 2.45) is 46.3 Å². The molecular weight excluding hydrogens is 408 g/mol. The van der Waals surface area contributed by atoms with Crippen molar-refractivity contribution in [3.63, 3.8) is 0 Å². The number of allylic oxidation sites excluding steroid dienone is 3. The molecule has 0 bridgehead atoms. The predicted octanol–water partition coefficient (Wildman–Crippen LogP) is 2.99. The smallest absolute Gasteiger partial charge is 0.309 e. The highest BCUT2D eigenvalue weighted by Gasteiger charge is 2.79. The molecule has 1 aliphatic heterocycles. The van der Waals surface area contributed by atoms with E-state index in [0.29, 0.717) is 31.1 Å². The molecule has 0 aromatic heterocycles. The minimum absolute atomic E-state index is 0.0672. The van der Waals surface area contributed by atoms with Crippen LogP contribution in [0.1, 0.15) is 52.4 Å². The fourth-order valence-corrected chi connectivity index (χ4v) is 9.07. The first-order valence-electron chi connectivity index (χ1n) is 12.1. The molecule has 9 atom stereocenters. The van der Waals surface area contributed by atoms with E-state index in [0.717, 1.165) is 24.8 Å². The first-order chi connectivity index (χ1) is 15.2. The number of methoxy groups -OCH3 is 1. The molecule has 5 aliphatic carbocycles. The SMILES string of the molecule is COC(=O)[C@H]1C2C(=CC[C@@]3(C)C2[C@@H]2C[C@@H]2[C@@]32CCC(=O)O2)[C@@]2(C)CCC(=O)C=C2[C@@H]1CO. The number of carbonyl (C=O) groups is 3. The molecule has 0 aromatic carbocycles. The molecule has 6 nitrogen and oxygen atoms in total. The van der Waals surface area contributed by atoms with Gasteiger partial charge in [0.15, 0.2) is 5.78 Å². The van der Waals surface area contributed by atoms with E-state index < -0.39 is 17.4 Å². The third kappa shape index (κ3) is 2.22. The number of aliphatic hydroxyl groups is 1. The lowest BCUT2D eigenvalue weighted by atomic mass is 9.45. The Kier molecular flexibility index (Phi) is 4.09. The third-order valence-corrected chi connectivity index (χ3v) is 10.4. The van der Waals surface area contributed by atoms with E-state index in [1.807, 2.05) is 0 Å². The first kappa shape index (κ1) is 20.6. The number of hydrogen-bond acceptors (Lipinski definition) is 6. The minimum atomic E-state index is -0.528. The monoisotopic (exact) mass is 440 g/mol. The van der Waals surface area contributed by atoms with Gasteiger partial charge in [-0.2, -0.15) is 0 Å². The van der Waals surface area contributed by atoms with E-state index in [9.17, 15) is 19.5 Å². The van der Waals surface area contributed by atoms with Gasteiger partial charge in [0.2, 0.25) is 0 Å². The summed E-state index contributed by atoms with van der Waals surface area (Å²) in [5, 5.41) is 10.5. The molecule has 3 saturated carbocycles. The van der Waals surface area contributed by atoms with E-state index in [-0.39, 0.29) is 47.0 Å². The Morgan fingerprint density at radius 2 is 2.00 bits per heavy atom. The van der Waals surface area contributed by atoms with Gasteiger partial charge in [-0.3, -0.25) is 14.4 Å². The molecule has 4 fully saturated rings. The van der Waals surface area contributed by atoms with Crippen molar-refractivity contribution in [3.05, 3.63) is 23.3 Å². The second kappa shape index (κ2) is 6.34. The Labute approximate surface area is 188 Å². The summed E-state index contributed by atoms with van der Waals surface area (Å²) in [5.74, 6) is -0.385. The van der Waals surface area contributed by atoms with Crippen LogP contribution in [0.2, 0.25) is 0 Å². The lowest BCUT2D eigenvalue weighted by Gasteiger charge is -2.59. The third-order valence-electron chi connectivity index (χ3n) is 10.4. The largest absolute Gasteiger partial charge is 0.469 e. The van der Waals surface area contributed by atoms with Crippen LogP contribution in [0.25, 0.3) is 0 Å². The number of esters is 2. The zero-order chi connectivity index (χ0) is 22.6. The van der Waals surface area contributed by atoms with Crippen LogP contribution in [0.4, 0.5) is 0 Å². The van der Waals surface area contributed by atoms with E-state index in [1.54, 1.807) is 6.08 Å². The van der Waals surface area contributed by atoms with Crippen LogP contribution in [-0.4, -0.2) is 42.1 Å². The average Bonchev–Trinajstić information content (AvgIpc) is 3.41. The fourth-order valence-electron chi connectivity index (χ4n) is 9.07. The molecule has 0 aromatic rings. The number of carbonyl (C=O) groups excluding carboxylic acids is 3. The number of hydrogen-bond donors (Lipinski definition) is 1.